The fourth-order valence-corrected chi connectivity index (χ4v) is 0.794. The molecule has 6 heteroatoms. The monoisotopic (exact) mass is 180 g/mol. The highest BCUT2D eigenvalue weighted by atomic mass is 16.2. The molecular formula is C7H8N4O2. The predicted octanol–water partition coefficient (Wildman–Crippen LogP) is -0.767. The van der Waals surface area contributed by atoms with Crippen molar-refractivity contribution in [2.24, 2.45) is 0 Å². The zero-order chi connectivity index (χ0) is 9.68. The van der Waals surface area contributed by atoms with Gasteiger partial charge in [0.05, 0.1) is 18.3 Å². The van der Waals surface area contributed by atoms with Crippen LogP contribution in [-0.4, -0.2) is 15.9 Å². The summed E-state index contributed by atoms with van der Waals surface area (Å²) in [7, 11) is 0. The summed E-state index contributed by atoms with van der Waals surface area (Å²) in [6, 6.07) is 1.72. The fourth-order valence-electron chi connectivity index (χ4n) is 0.794. The molecule has 1 aromatic heterocycles. The third-order valence-corrected chi connectivity index (χ3v) is 1.37. The molecule has 0 atom stereocenters. The number of hydrogen-bond donors (Lipinski definition) is 3. The molecular weight excluding hydrogens is 172 g/mol. The van der Waals surface area contributed by atoms with Gasteiger partial charge in [0.25, 0.3) is 0 Å². The average Bonchev–Trinajstić information content (AvgIpc) is 2.49. The van der Waals surface area contributed by atoms with Crippen LogP contribution < -0.4 is 11.0 Å². The number of nitriles is 1. The smallest absolute Gasteiger partial charge is 0.323 e. The van der Waals surface area contributed by atoms with E-state index in [4.69, 9.17) is 5.26 Å². The van der Waals surface area contributed by atoms with E-state index >= 15 is 0 Å². The SMILES string of the molecule is N#CCC(=O)NCc1c[nH]c(=O)[nH]1. The highest BCUT2D eigenvalue weighted by Crippen LogP contribution is 1.86. The Kier molecular flexibility index (Phi) is 2.87. The number of nitrogens with zero attached hydrogens (tertiary/aromatic N) is 1. The minimum Gasteiger partial charge on any atom is -0.350 e. The number of carbonyl (C=O) groups excluding carboxylic acids is 1. The number of carbonyl (C=O) groups is 1. The molecule has 1 rings (SSSR count). The molecule has 0 unspecified atom stereocenters. The van der Waals surface area contributed by atoms with E-state index in [9.17, 15) is 9.59 Å². The summed E-state index contributed by atoms with van der Waals surface area (Å²) >= 11 is 0. The lowest BCUT2D eigenvalue weighted by molar-refractivity contribution is -0.120. The molecule has 0 aliphatic rings. The molecule has 0 spiro atoms. The lowest BCUT2D eigenvalue weighted by Gasteiger charge is -1.98. The molecule has 68 valence electrons. The van der Waals surface area contributed by atoms with Crippen molar-refractivity contribution in [2.75, 3.05) is 0 Å². The first kappa shape index (κ1) is 9.06. The molecule has 0 aliphatic carbocycles. The Morgan fingerprint density at radius 3 is 3.00 bits per heavy atom. The largest absolute Gasteiger partial charge is 0.350 e. The van der Waals surface area contributed by atoms with Crippen molar-refractivity contribution >= 4 is 5.91 Å². The Morgan fingerprint density at radius 2 is 2.46 bits per heavy atom. The summed E-state index contributed by atoms with van der Waals surface area (Å²) in [5, 5.41) is 10.6. The van der Waals surface area contributed by atoms with Gasteiger partial charge in [-0.3, -0.25) is 4.79 Å². The van der Waals surface area contributed by atoms with E-state index in [2.05, 4.69) is 15.3 Å². The second-order valence-corrected chi connectivity index (χ2v) is 2.38. The predicted molar refractivity (Wildman–Crippen MR) is 43.5 cm³/mol. The summed E-state index contributed by atoms with van der Waals surface area (Å²) in [6.07, 6.45) is 1.30. The van der Waals surface area contributed by atoms with Gasteiger partial charge in [0.15, 0.2) is 0 Å². The zero-order valence-corrected chi connectivity index (χ0v) is 6.76. The topological polar surface area (TPSA) is 102 Å². The summed E-state index contributed by atoms with van der Waals surface area (Å²) < 4.78 is 0. The standard InChI is InChI=1S/C7H8N4O2/c8-2-1-6(12)9-3-5-4-10-7(13)11-5/h4H,1,3H2,(H,9,12)(H2,10,11,13). The van der Waals surface area contributed by atoms with Crippen molar-refractivity contribution in [2.45, 2.75) is 13.0 Å². The van der Waals surface area contributed by atoms with Crippen LogP contribution in [0.2, 0.25) is 0 Å². The van der Waals surface area contributed by atoms with Crippen molar-refractivity contribution in [3.63, 3.8) is 0 Å². The Bertz CT molecular complexity index is 384. The third kappa shape index (κ3) is 2.83. The highest BCUT2D eigenvalue weighted by molar-refractivity contribution is 5.77. The molecule has 0 radical (unpaired) electrons. The quantitative estimate of drug-likeness (QED) is 0.569. The molecule has 3 N–H and O–H groups in total. The van der Waals surface area contributed by atoms with Crippen LogP contribution in [0.5, 0.6) is 0 Å². The molecule has 0 aliphatic heterocycles. The number of amides is 1. The van der Waals surface area contributed by atoms with E-state index in [0.717, 1.165) is 0 Å². The third-order valence-electron chi connectivity index (χ3n) is 1.37. The van der Waals surface area contributed by atoms with Gasteiger partial charge in [-0.2, -0.15) is 5.26 Å². The second kappa shape index (κ2) is 4.11. The van der Waals surface area contributed by atoms with E-state index in [0.29, 0.717) is 5.69 Å². The number of rotatable bonds is 3. The van der Waals surface area contributed by atoms with E-state index in [-0.39, 0.29) is 24.6 Å². The molecule has 0 saturated carbocycles. The van der Waals surface area contributed by atoms with Crippen LogP contribution in [0.1, 0.15) is 12.1 Å². The number of aromatic amines is 2. The Morgan fingerprint density at radius 1 is 1.69 bits per heavy atom. The lowest BCUT2D eigenvalue weighted by Crippen LogP contribution is -2.22. The van der Waals surface area contributed by atoms with Gasteiger partial charge in [-0.15, -0.1) is 0 Å². The number of imidazole rings is 1. The van der Waals surface area contributed by atoms with Crippen LogP contribution in [0, 0.1) is 11.3 Å². The zero-order valence-electron chi connectivity index (χ0n) is 6.76. The number of aromatic nitrogens is 2. The normalized spacial score (nSPS) is 9.15. The van der Waals surface area contributed by atoms with Crippen molar-refractivity contribution in [1.82, 2.24) is 15.3 Å². The maximum absolute atomic E-state index is 10.8. The van der Waals surface area contributed by atoms with E-state index in [1.807, 2.05) is 0 Å². The van der Waals surface area contributed by atoms with Gasteiger partial charge < -0.3 is 15.3 Å². The lowest BCUT2D eigenvalue weighted by atomic mass is 10.4. The molecule has 6 nitrogen and oxygen atoms in total. The molecule has 13 heavy (non-hydrogen) atoms. The van der Waals surface area contributed by atoms with Crippen LogP contribution in [0.15, 0.2) is 11.0 Å². The van der Waals surface area contributed by atoms with Gasteiger partial charge in [0.1, 0.15) is 6.42 Å². The summed E-state index contributed by atoms with van der Waals surface area (Å²) in [5.74, 6) is -0.357. The molecule has 1 heterocycles. The van der Waals surface area contributed by atoms with Crippen molar-refractivity contribution in [3.05, 3.63) is 22.4 Å². The maximum Gasteiger partial charge on any atom is 0.323 e. The minimum absolute atomic E-state index is 0.172. The van der Waals surface area contributed by atoms with Crippen molar-refractivity contribution in [3.8, 4) is 6.07 Å². The Labute approximate surface area is 73.6 Å². The van der Waals surface area contributed by atoms with Crippen LogP contribution in [0.3, 0.4) is 0 Å². The van der Waals surface area contributed by atoms with Gasteiger partial charge in [0.2, 0.25) is 5.91 Å². The second-order valence-electron chi connectivity index (χ2n) is 2.38. The van der Waals surface area contributed by atoms with Crippen molar-refractivity contribution < 1.29 is 4.79 Å². The van der Waals surface area contributed by atoms with Crippen LogP contribution in [-0.2, 0) is 11.3 Å². The van der Waals surface area contributed by atoms with Crippen LogP contribution in [0.4, 0.5) is 0 Å². The molecule has 1 aromatic rings. The molecule has 1 amide bonds. The molecule has 0 fully saturated rings. The first-order valence-corrected chi connectivity index (χ1v) is 3.62. The molecule has 0 aromatic carbocycles. The van der Waals surface area contributed by atoms with E-state index < -0.39 is 0 Å². The summed E-state index contributed by atoms with van der Waals surface area (Å²) in [6.45, 7) is 0.221. The average molecular weight is 180 g/mol. The van der Waals surface area contributed by atoms with Gasteiger partial charge >= 0.3 is 5.69 Å². The summed E-state index contributed by atoms with van der Waals surface area (Å²) in [5.41, 5.74) is 0.265. The van der Waals surface area contributed by atoms with Gasteiger partial charge in [0, 0.05) is 6.20 Å². The number of nitrogens with one attached hydrogen (secondary N) is 3. The van der Waals surface area contributed by atoms with Crippen molar-refractivity contribution in [1.29, 1.82) is 5.26 Å². The maximum atomic E-state index is 10.8. The van der Waals surface area contributed by atoms with E-state index in [1.165, 1.54) is 6.20 Å². The number of H-pyrrole nitrogens is 2. The Balaban J connectivity index is 2.40. The van der Waals surface area contributed by atoms with Crippen LogP contribution >= 0.6 is 0 Å². The first-order valence-electron chi connectivity index (χ1n) is 3.62. The molecule has 0 bridgehead atoms. The minimum atomic E-state index is -0.357. The van der Waals surface area contributed by atoms with E-state index in [1.54, 1.807) is 6.07 Å². The van der Waals surface area contributed by atoms with Gasteiger partial charge in [-0.25, -0.2) is 4.79 Å². The molecule has 0 saturated heterocycles. The Hall–Kier alpha value is -2.03. The van der Waals surface area contributed by atoms with Gasteiger partial charge in [-0.05, 0) is 0 Å². The first-order chi connectivity index (χ1) is 6.22. The van der Waals surface area contributed by atoms with Gasteiger partial charge in [-0.1, -0.05) is 0 Å². The summed E-state index contributed by atoms with van der Waals surface area (Å²) in [4.78, 5) is 26.2. The highest BCUT2D eigenvalue weighted by Gasteiger charge is 2.00. The van der Waals surface area contributed by atoms with Crippen LogP contribution in [0.25, 0.3) is 0 Å². The number of hydrogen-bond acceptors (Lipinski definition) is 3. The fraction of sp³-hybridized carbons (Fsp3) is 0.286.